The maximum atomic E-state index is 3.66. The van der Waals surface area contributed by atoms with Crippen LogP contribution in [0.25, 0.3) is 0 Å². The normalized spacial score (nSPS) is 14.8. The second-order valence-electron chi connectivity index (χ2n) is 5.48. The second kappa shape index (κ2) is 7.55. The molecule has 0 bridgehead atoms. The maximum absolute atomic E-state index is 3.66. The van der Waals surface area contributed by atoms with E-state index in [0.717, 1.165) is 13.0 Å². The fourth-order valence-electron chi connectivity index (χ4n) is 2.10. The van der Waals surface area contributed by atoms with E-state index < -0.39 is 0 Å². The van der Waals surface area contributed by atoms with Crippen LogP contribution in [-0.2, 0) is 6.42 Å². The Kier molecular flexibility index (Phi) is 6.37. The Balaban J connectivity index is 2.45. The van der Waals surface area contributed by atoms with Crippen molar-refractivity contribution in [2.45, 2.75) is 45.7 Å². The quantitative estimate of drug-likeness (QED) is 0.797. The maximum Gasteiger partial charge on any atom is 0.0294 e. The molecule has 2 heteroatoms. The topological polar surface area (TPSA) is 15.3 Å². The van der Waals surface area contributed by atoms with Gasteiger partial charge in [-0.2, -0.15) is 0 Å². The minimum Gasteiger partial charge on any atom is -0.309 e. The number of nitrogens with one attached hydrogen (secondary N) is 1. The van der Waals surface area contributed by atoms with Gasteiger partial charge in [0.1, 0.15) is 0 Å². The number of benzene rings is 1. The monoisotopic (exact) mass is 248 g/mol. The molecule has 2 nitrogen and oxygen atoms in total. The van der Waals surface area contributed by atoms with Crippen molar-refractivity contribution in [2.75, 3.05) is 20.6 Å². The van der Waals surface area contributed by atoms with Crippen molar-refractivity contribution >= 4 is 0 Å². The van der Waals surface area contributed by atoms with Crippen molar-refractivity contribution in [3.63, 3.8) is 0 Å². The van der Waals surface area contributed by atoms with Gasteiger partial charge in [-0.15, -0.1) is 0 Å². The van der Waals surface area contributed by atoms with E-state index in [-0.39, 0.29) is 0 Å². The highest BCUT2D eigenvalue weighted by Gasteiger charge is 2.09. The summed E-state index contributed by atoms with van der Waals surface area (Å²) >= 11 is 0. The minimum absolute atomic E-state index is 0.424. The smallest absolute Gasteiger partial charge is 0.0294 e. The van der Waals surface area contributed by atoms with Crippen LogP contribution in [0, 0.1) is 0 Å². The molecule has 102 valence electrons. The van der Waals surface area contributed by atoms with Crippen LogP contribution in [-0.4, -0.2) is 31.6 Å². The van der Waals surface area contributed by atoms with Crippen molar-refractivity contribution in [3.8, 4) is 0 Å². The van der Waals surface area contributed by atoms with Crippen molar-refractivity contribution < 1.29 is 0 Å². The number of nitrogens with zero attached hydrogens (tertiary/aromatic N) is 1. The van der Waals surface area contributed by atoms with Crippen molar-refractivity contribution in [3.05, 3.63) is 35.4 Å². The van der Waals surface area contributed by atoms with E-state index in [9.17, 15) is 0 Å². The molecule has 2 atom stereocenters. The van der Waals surface area contributed by atoms with E-state index in [1.807, 2.05) is 0 Å². The number of hydrogen-bond acceptors (Lipinski definition) is 2. The van der Waals surface area contributed by atoms with Gasteiger partial charge in [-0.3, -0.25) is 0 Å². The summed E-state index contributed by atoms with van der Waals surface area (Å²) in [7, 11) is 4.25. The second-order valence-corrected chi connectivity index (χ2v) is 5.48. The summed E-state index contributed by atoms with van der Waals surface area (Å²) in [4.78, 5) is 2.24. The first-order valence-corrected chi connectivity index (χ1v) is 7.02. The van der Waals surface area contributed by atoms with E-state index in [2.05, 4.69) is 69.3 Å². The fraction of sp³-hybridized carbons (Fsp3) is 0.625. The molecule has 1 rings (SSSR count). The standard InChI is InChI=1S/C16H28N2/c1-6-15-7-9-16(10-8-15)14(3)17-13(2)11-12-18(4)5/h7-10,13-14,17H,6,11-12H2,1-5H3. The van der Waals surface area contributed by atoms with Crippen LogP contribution in [0.15, 0.2) is 24.3 Å². The average molecular weight is 248 g/mol. The Hall–Kier alpha value is -0.860. The molecule has 2 unspecified atom stereocenters. The van der Waals surface area contributed by atoms with E-state index in [1.54, 1.807) is 0 Å². The molecule has 0 aliphatic rings. The van der Waals surface area contributed by atoms with Gasteiger partial charge >= 0.3 is 0 Å². The van der Waals surface area contributed by atoms with Gasteiger partial charge in [-0.1, -0.05) is 31.2 Å². The summed E-state index contributed by atoms with van der Waals surface area (Å²) in [6.45, 7) is 7.84. The predicted octanol–water partition coefficient (Wildman–Crippen LogP) is 3.24. The summed E-state index contributed by atoms with van der Waals surface area (Å²) in [5, 5.41) is 3.66. The Morgan fingerprint density at radius 1 is 1.11 bits per heavy atom. The summed E-state index contributed by atoms with van der Waals surface area (Å²) in [6.07, 6.45) is 2.30. The lowest BCUT2D eigenvalue weighted by Crippen LogP contribution is -2.31. The molecule has 18 heavy (non-hydrogen) atoms. The molecular formula is C16H28N2. The highest BCUT2D eigenvalue weighted by molar-refractivity contribution is 5.24. The third-order valence-corrected chi connectivity index (χ3v) is 3.43. The first-order valence-electron chi connectivity index (χ1n) is 7.02. The number of aryl methyl sites for hydroxylation is 1. The number of hydrogen-bond donors (Lipinski definition) is 1. The summed E-state index contributed by atoms with van der Waals surface area (Å²) < 4.78 is 0. The molecule has 0 aromatic heterocycles. The Morgan fingerprint density at radius 2 is 1.72 bits per heavy atom. The molecule has 0 heterocycles. The van der Waals surface area contributed by atoms with Crippen molar-refractivity contribution in [2.24, 2.45) is 0 Å². The van der Waals surface area contributed by atoms with E-state index >= 15 is 0 Å². The van der Waals surface area contributed by atoms with Crippen LogP contribution in [0.2, 0.25) is 0 Å². The molecule has 0 amide bonds. The van der Waals surface area contributed by atoms with E-state index in [4.69, 9.17) is 0 Å². The van der Waals surface area contributed by atoms with Crippen LogP contribution in [0.4, 0.5) is 0 Å². The average Bonchev–Trinajstić information content (AvgIpc) is 2.36. The van der Waals surface area contributed by atoms with Gasteiger partial charge in [0.2, 0.25) is 0 Å². The highest BCUT2D eigenvalue weighted by Crippen LogP contribution is 2.15. The number of rotatable bonds is 7. The highest BCUT2D eigenvalue weighted by atomic mass is 15.1. The third kappa shape index (κ3) is 5.19. The van der Waals surface area contributed by atoms with Gasteiger partial charge in [0, 0.05) is 12.1 Å². The summed E-state index contributed by atoms with van der Waals surface area (Å²) in [6, 6.07) is 9.93. The Bertz CT molecular complexity index is 329. The molecule has 0 radical (unpaired) electrons. The molecule has 0 spiro atoms. The Labute approximate surface area is 112 Å². The van der Waals surface area contributed by atoms with Gasteiger partial charge < -0.3 is 10.2 Å². The zero-order valence-electron chi connectivity index (χ0n) is 12.5. The largest absolute Gasteiger partial charge is 0.309 e. The van der Waals surface area contributed by atoms with Crippen molar-refractivity contribution in [1.29, 1.82) is 0 Å². The molecule has 1 aromatic rings. The first-order chi connectivity index (χ1) is 8.52. The SMILES string of the molecule is CCc1ccc(C(C)NC(C)CCN(C)C)cc1. The van der Waals surface area contributed by atoms with E-state index in [1.165, 1.54) is 17.5 Å². The van der Waals surface area contributed by atoms with Crippen LogP contribution in [0.1, 0.15) is 44.4 Å². The zero-order valence-corrected chi connectivity index (χ0v) is 12.5. The molecule has 0 aliphatic heterocycles. The molecule has 0 saturated carbocycles. The molecule has 1 aromatic carbocycles. The fourth-order valence-corrected chi connectivity index (χ4v) is 2.10. The third-order valence-electron chi connectivity index (χ3n) is 3.43. The lowest BCUT2D eigenvalue weighted by atomic mass is 10.0. The van der Waals surface area contributed by atoms with Crippen LogP contribution in [0.3, 0.4) is 0 Å². The first kappa shape index (κ1) is 15.2. The van der Waals surface area contributed by atoms with Gasteiger partial charge in [0.05, 0.1) is 0 Å². The zero-order chi connectivity index (χ0) is 13.5. The molecule has 0 fully saturated rings. The molecule has 0 saturated heterocycles. The molecule has 0 aliphatic carbocycles. The lowest BCUT2D eigenvalue weighted by molar-refractivity contribution is 0.354. The summed E-state index contributed by atoms with van der Waals surface area (Å²) in [5.74, 6) is 0. The lowest BCUT2D eigenvalue weighted by Gasteiger charge is -2.22. The molecule has 1 N–H and O–H groups in total. The predicted molar refractivity (Wildman–Crippen MR) is 80.0 cm³/mol. The van der Waals surface area contributed by atoms with Gasteiger partial charge in [0.25, 0.3) is 0 Å². The van der Waals surface area contributed by atoms with E-state index in [0.29, 0.717) is 12.1 Å². The Morgan fingerprint density at radius 3 is 2.22 bits per heavy atom. The minimum atomic E-state index is 0.424. The van der Waals surface area contributed by atoms with Gasteiger partial charge in [-0.25, -0.2) is 0 Å². The van der Waals surface area contributed by atoms with Gasteiger partial charge in [-0.05, 0) is 58.5 Å². The van der Waals surface area contributed by atoms with Crippen molar-refractivity contribution in [1.82, 2.24) is 10.2 Å². The van der Waals surface area contributed by atoms with Crippen LogP contribution >= 0.6 is 0 Å². The molecular weight excluding hydrogens is 220 g/mol. The van der Waals surface area contributed by atoms with Crippen LogP contribution in [0.5, 0.6) is 0 Å². The van der Waals surface area contributed by atoms with Crippen LogP contribution < -0.4 is 5.32 Å². The van der Waals surface area contributed by atoms with Gasteiger partial charge in [0.15, 0.2) is 0 Å². The summed E-state index contributed by atoms with van der Waals surface area (Å²) in [5.41, 5.74) is 2.79.